The van der Waals surface area contributed by atoms with E-state index in [2.05, 4.69) is 0 Å². The van der Waals surface area contributed by atoms with E-state index < -0.39 is 5.97 Å². The Morgan fingerprint density at radius 1 is 1.12 bits per heavy atom. The maximum Gasteiger partial charge on any atom is 0.335 e. The quantitative estimate of drug-likeness (QED) is 0.901. The van der Waals surface area contributed by atoms with Crippen LogP contribution in [0.15, 0.2) is 42.5 Å². The third-order valence-corrected chi connectivity index (χ3v) is 4.42. The van der Waals surface area contributed by atoms with Crippen molar-refractivity contribution < 1.29 is 19.8 Å². The summed E-state index contributed by atoms with van der Waals surface area (Å²) in [5.41, 5.74) is 3.95. The number of hydrogen-bond donors (Lipinski definition) is 2. The van der Waals surface area contributed by atoms with Gasteiger partial charge < -0.3 is 15.1 Å². The summed E-state index contributed by atoms with van der Waals surface area (Å²) in [5.74, 6) is -1.03. The number of aliphatic hydroxyl groups excluding tert-OH is 1. The van der Waals surface area contributed by atoms with E-state index in [1.165, 1.54) is 17.7 Å². The van der Waals surface area contributed by atoms with Gasteiger partial charge in [0.1, 0.15) is 0 Å². The van der Waals surface area contributed by atoms with Crippen LogP contribution in [0.25, 0.3) is 0 Å². The Balaban J connectivity index is 1.75. The van der Waals surface area contributed by atoms with E-state index in [1.807, 2.05) is 18.2 Å². The maximum atomic E-state index is 12.6. The predicted molar refractivity (Wildman–Crippen MR) is 88.6 cm³/mol. The molecule has 5 nitrogen and oxygen atoms in total. The Morgan fingerprint density at radius 2 is 1.92 bits per heavy atom. The summed E-state index contributed by atoms with van der Waals surface area (Å²) in [4.78, 5) is 25.4. The van der Waals surface area contributed by atoms with E-state index in [9.17, 15) is 14.7 Å². The molecule has 0 fully saturated rings. The number of carbonyl (C=O) groups is 2. The molecule has 3 rings (SSSR count). The van der Waals surface area contributed by atoms with Crippen LogP contribution in [-0.4, -0.2) is 33.5 Å². The number of rotatable bonds is 4. The molecule has 0 unspecified atom stereocenters. The van der Waals surface area contributed by atoms with Crippen molar-refractivity contribution in [2.75, 3.05) is 6.54 Å². The van der Waals surface area contributed by atoms with Crippen LogP contribution in [-0.2, 0) is 30.8 Å². The highest BCUT2D eigenvalue weighted by molar-refractivity contribution is 5.88. The summed E-state index contributed by atoms with van der Waals surface area (Å²) in [6.45, 7) is 1.09. The van der Waals surface area contributed by atoms with Crippen molar-refractivity contribution in [1.82, 2.24) is 4.90 Å². The third kappa shape index (κ3) is 3.31. The average Bonchev–Trinajstić information content (AvgIpc) is 2.60. The molecular formula is C19H19NO4. The van der Waals surface area contributed by atoms with Crippen LogP contribution in [0.2, 0.25) is 0 Å². The van der Waals surface area contributed by atoms with Crippen molar-refractivity contribution in [3.63, 3.8) is 0 Å². The number of aliphatic hydroxyl groups is 1. The van der Waals surface area contributed by atoms with Crippen LogP contribution in [0.5, 0.6) is 0 Å². The number of amides is 1. The highest BCUT2D eigenvalue weighted by Crippen LogP contribution is 2.23. The van der Waals surface area contributed by atoms with E-state index in [1.54, 1.807) is 17.0 Å². The lowest BCUT2D eigenvalue weighted by Crippen LogP contribution is -2.37. The van der Waals surface area contributed by atoms with Crippen molar-refractivity contribution in [3.8, 4) is 0 Å². The first-order valence-electron chi connectivity index (χ1n) is 7.89. The Kier molecular flexibility index (Phi) is 4.62. The monoisotopic (exact) mass is 325 g/mol. The molecule has 24 heavy (non-hydrogen) atoms. The number of aromatic carboxylic acids is 1. The number of carbonyl (C=O) groups excluding carboxylic acids is 1. The van der Waals surface area contributed by atoms with Gasteiger partial charge >= 0.3 is 5.97 Å². The molecule has 2 aromatic carbocycles. The van der Waals surface area contributed by atoms with Crippen LogP contribution < -0.4 is 0 Å². The molecule has 5 heteroatoms. The lowest BCUT2D eigenvalue weighted by atomic mass is 9.94. The summed E-state index contributed by atoms with van der Waals surface area (Å²) >= 11 is 0. The van der Waals surface area contributed by atoms with Gasteiger partial charge in [-0.3, -0.25) is 4.79 Å². The molecule has 124 valence electrons. The van der Waals surface area contributed by atoms with Gasteiger partial charge in [0.25, 0.3) is 0 Å². The Hall–Kier alpha value is -2.66. The first-order chi connectivity index (χ1) is 11.6. The molecule has 0 spiro atoms. The Morgan fingerprint density at radius 3 is 2.67 bits per heavy atom. The number of benzene rings is 2. The topological polar surface area (TPSA) is 77.8 Å². The molecule has 1 aliphatic rings. The zero-order valence-corrected chi connectivity index (χ0v) is 13.2. The standard InChI is InChI=1S/C19H19NO4/c21-12-16-6-2-4-14-7-8-20(11-17(14)16)18(22)10-13-3-1-5-15(9-13)19(23)24/h1-6,9,21H,7-8,10-12H2,(H,23,24). The van der Waals surface area contributed by atoms with Gasteiger partial charge in [-0.25, -0.2) is 4.79 Å². The summed E-state index contributed by atoms with van der Waals surface area (Å²) in [7, 11) is 0. The highest BCUT2D eigenvalue weighted by Gasteiger charge is 2.22. The molecule has 0 bridgehead atoms. The molecule has 0 aliphatic carbocycles. The maximum absolute atomic E-state index is 12.6. The van der Waals surface area contributed by atoms with Crippen LogP contribution in [0.4, 0.5) is 0 Å². The molecule has 2 N–H and O–H groups in total. The normalized spacial score (nSPS) is 13.5. The van der Waals surface area contributed by atoms with Crippen molar-refractivity contribution >= 4 is 11.9 Å². The molecule has 1 aliphatic heterocycles. The van der Waals surface area contributed by atoms with Gasteiger partial charge in [-0.05, 0) is 40.8 Å². The Bertz CT molecular complexity index is 770. The smallest absolute Gasteiger partial charge is 0.335 e. The second kappa shape index (κ2) is 6.84. The molecule has 0 saturated carbocycles. The zero-order valence-electron chi connectivity index (χ0n) is 13.2. The van der Waals surface area contributed by atoms with Gasteiger partial charge in [0.15, 0.2) is 0 Å². The minimum atomic E-state index is -0.996. The van der Waals surface area contributed by atoms with Gasteiger partial charge in [0.05, 0.1) is 18.6 Å². The fourth-order valence-corrected chi connectivity index (χ4v) is 3.11. The average molecular weight is 325 g/mol. The van der Waals surface area contributed by atoms with Gasteiger partial charge in [-0.15, -0.1) is 0 Å². The third-order valence-electron chi connectivity index (χ3n) is 4.42. The second-order valence-electron chi connectivity index (χ2n) is 5.96. The zero-order chi connectivity index (χ0) is 17.1. The fraction of sp³-hybridized carbons (Fsp3) is 0.263. The van der Waals surface area contributed by atoms with Gasteiger partial charge in [-0.1, -0.05) is 30.3 Å². The number of carboxylic acid groups (broad SMARTS) is 1. The molecule has 2 aromatic rings. The van der Waals surface area contributed by atoms with Crippen molar-refractivity contribution in [3.05, 3.63) is 70.3 Å². The van der Waals surface area contributed by atoms with Crippen LogP contribution in [0.3, 0.4) is 0 Å². The molecule has 1 amide bonds. The molecular weight excluding hydrogens is 306 g/mol. The molecule has 0 atom stereocenters. The molecule has 0 radical (unpaired) electrons. The molecule has 1 heterocycles. The summed E-state index contributed by atoms with van der Waals surface area (Å²) < 4.78 is 0. The SMILES string of the molecule is O=C(O)c1cccc(CC(=O)N2CCc3cccc(CO)c3C2)c1. The van der Waals surface area contributed by atoms with E-state index >= 15 is 0 Å². The largest absolute Gasteiger partial charge is 0.478 e. The van der Waals surface area contributed by atoms with E-state index in [0.717, 1.165) is 17.5 Å². The minimum absolute atomic E-state index is 0.0315. The van der Waals surface area contributed by atoms with Gasteiger partial charge in [0.2, 0.25) is 5.91 Å². The molecule has 0 aromatic heterocycles. The van der Waals surface area contributed by atoms with Crippen molar-refractivity contribution in [1.29, 1.82) is 0 Å². The highest BCUT2D eigenvalue weighted by atomic mass is 16.4. The fourth-order valence-electron chi connectivity index (χ4n) is 3.11. The number of hydrogen-bond acceptors (Lipinski definition) is 3. The first kappa shape index (κ1) is 16.2. The van der Waals surface area contributed by atoms with Crippen molar-refractivity contribution in [2.24, 2.45) is 0 Å². The predicted octanol–water partition coefficient (Wildman–Crippen LogP) is 2.00. The van der Waals surface area contributed by atoms with E-state index in [-0.39, 0.29) is 24.5 Å². The van der Waals surface area contributed by atoms with Gasteiger partial charge in [0, 0.05) is 13.1 Å². The van der Waals surface area contributed by atoms with E-state index in [0.29, 0.717) is 18.7 Å². The lowest BCUT2D eigenvalue weighted by Gasteiger charge is -2.30. The lowest BCUT2D eigenvalue weighted by molar-refractivity contribution is -0.131. The minimum Gasteiger partial charge on any atom is -0.478 e. The first-order valence-corrected chi connectivity index (χ1v) is 7.89. The summed E-state index contributed by atoms with van der Waals surface area (Å²) in [6.07, 6.45) is 0.946. The number of fused-ring (bicyclic) bond motifs is 1. The van der Waals surface area contributed by atoms with Crippen LogP contribution in [0.1, 0.15) is 32.6 Å². The Labute approximate surface area is 140 Å². The van der Waals surface area contributed by atoms with Crippen LogP contribution in [0, 0.1) is 0 Å². The number of nitrogens with zero attached hydrogens (tertiary/aromatic N) is 1. The summed E-state index contributed by atoms with van der Waals surface area (Å²) in [6, 6.07) is 12.3. The second-order valence-corrected chi connectivity index (χ2v) is 5.96. The molecule has 0 saturated heterocycles. The van der Waals surface area contributed by atoms with Gasteiger partial charge in [-0.2, -0.15) is 0 Å². The van der Waals surface area contributed by atoms with Crippen molar-refractivity contribution in [2.45, 2.75) is 26.0 Å². The number of carboxylic acids is 1. The van der Waals surface area contributed by atoms with E-state index in [4.69, 9.17) is 5.11 Å². The summed E-state index contributed by atoms with van der Waals surface area (Å²) in [5, 5.41) is 18.5. The van der Waals surface area contributed by atoms with Crippen LogP contribution >= 0.6 is 0 Å².